The van der Waals surface area contributed by atoms with E-state index in [4.69, 9.17) is 0 Å². The molecule has 0 bridgehead atoms. The van der Waals surface area contributed by atoms with Crippen molar-refractivity contribution >= 4 is 48.9 Å². The molecular formula is C28H21N3O3S2. The van der Waals surface area contributed by atoms with E-state index < -0.39 is 15.9 Å². The van der Waals surface area contributed by atoms with E-state index in [1.54, 1.807) is 12.1 Å². The quantitative estimate of drug-likeness (QED) is 0.315. The number of aromatic nitrogens is 1. The highest BCUT2D eigenvalue weighted by molar-refractivity contribution is 7.92. The number of rotatable bonds is 5. The standard InChI is InChI=1S/C28H21N3O3S2/c32-27(30-28-29-25(18-35-28)22-13-12-19-6-1-2-8-21(19)16-22)23-9-5-10-24(17-23)36(33,34)31-15-14-20-7-3-4-11-26(20)31/h1-13,16-18H,14-15H2,(H,29,30,32). The third-order valence-corrected chi connectivity index (χ3v) is 8.87. The van der Waals surface area contributed by atoms with Crippen LogP contribution in [0.4, 0.5) is 10.8 Å². The first-order chi connectivity index (χ1) is 17.5. The normalized spacial score (nSPS) is 13.1. The molecule has 1 aliphatic rings. The Kier molecular flexibility index (Phi) is 5.55. The molecule has 8 heteroatoms. The van der Waals surface area contributed by atoms with Crippen molar-refractivity contribution in [1.29, 1.82) is 0 Å². The maximum atomic E-state index is 13.4. The van der Waals surface area contributed by atoms with Gasteiger partial charge in [0, 0.05) is 23.1 Å². The largest absolute Gasteiger partial charge is 0.298 e. The number of carbonyl (C=O) groups excluding carboxylic acids is 1. The van der Waals surface area contributed by atoms with E-state index >= 15 is 0 Å². The number of thiazole rings is 1. The number of carbonyl (C=O) groups is 1. The van der Waals surface area contributed by atoms with Crippen LogP contribution in [-0.2, 0) is 16.4 Å². The first kappa shape index (κ1) is 22.5. The summed E-state index contributed by atoms with van der Waals surface area (Å²) >= 11 is 1.33. The summed E-state index contributed by atoms with van der Waals surface area (Å²) in [4.78, 5) is 17.6. The lowest BCUT2D eigenvalue weighted by molar-refractivity contribution is 0.102. The summed E-state index contributed by atoms with van der Waals surface area (Å²) in [6, 6.07) is 27.9. The average Bonchev–Trinajstić information content (AvgIpc) is 3.56. The molecule has 0 unspecified atom stereocenters. The van der Waals surface area contributed by atoms with Gasteiger partial charge in [-0.1, -0.05) is 60.7 Å². The van der Waals surface area contributed by atoms with Crippen molar-refractivity contribution in [2.24, 2.45) is 0 Å². The summed E-state index contributed by atoms with van der Waals surface area (Å²) in [6.45, 7) is 0.384. The van der Waals surface area contributed by atoms with Crippen LogP contribution in [0, 0.1) is 0 Å². The fourth-order valence-electron chi connectivity index (χ4n) is 4.46. The molecule has 4 aromatic carbocycles. The molecule has 6 rings (SSSR count). The molecular weight excluding hydrogens is 490 g/mol. The molecule has 5 aromatic rings. The topological polar surface area (TPSA) is 79.4 Å². The molecule has 6 nitrogen and oxygen atoms in total. The Morgan fingerprint density at radius 1 is 0.889 bits per heavy atom. The zero-order chi connectivity index (χ0) is 24.7. The zero-order valence-electron chi connectivity index (χ0n) is 19.1. The van der Waals surface area contributed by atoms with Gasteiger partial charge in [0.05, 0.1) is 16.3 Å². The monoisotopic (exact) mass is 511 g/mol. The molecule has 0 aliphatic carbocycles. The van der Waals surface area contributed by atoms with Gasteiger partial charge in [0.1, 0.15) is 0 Å². The zero-order valence-corrected chi connectivity index (χ0v) is 20.7. The van der Waals surface area contributed by atoms with Gasteiger partial charge in [-0.05, 0) is 53.1 Å². The van der Waals surface area contributed by atoms with Crippen LogP contribution in [-0.4, -0.2) is 25.9 Å². The van der Waals surface area contributed by atoms with Crippen LogP contribution in [0.25, 0.3) is 22.0 Å². The molecule has 0 atom stereocenters. The van der Waals surface area contributed by atoms with Gasteiger partial charge in [0.25, 0.3) is 15.9 Å². The maximum absolute atomic E-state index is 13.4. The second-order valence-corrected chi connectivity index (χ2v) is 11.3. The Hall–Kier alpha value is -4.01. The second-order valence-electron chi connectivity index (χ2n) is 8.54. The molecule has 1 N–H and O–H groups in total. The number of sulfonamides is 1. The van der Waals surface area contributed by atoms with Crippen LogP contribution in [0.2, 0.25) is 0 Å². The number of benzene rings is 4. The van der Waals surface area contributed by atoms with Crippen molar-refractivity contribution in [1.82, 2.24) is 4.98 Å². The molecule has 36 heavy (non-hydrogen) atoms. The summed E-state index contributed by atoms with van der Waals surface area (Å²) in [5, 5.41) is 7.42. The third-order valence-electron chi connectivity index (χ3n) is 6.30. The number of nitrogens with zero attached hydrogens (tertiary/aromatic N) is 2. The van der Waals surface area contributed by atoms with E-state index in [2.05, 4.69) is 28.5 Å². The van der Waals surface area contributed by atoms with Crippen LogP contribution in [0.3, 0.4) is 0 Å². The van der Waals surface area contributed by atoms with Crippen molar-refractivity contribution in [2.45, 2.75) is 11.3 Å². The molecule has 1 aliphatic heterocycles. The van der Waals surface area contributed by atoms with Crippen molar-refractivity contribution in [3.05, 3.63) is 108 Å². The number of hydrogen-bond acceptors (Lipinski definition) is 5. The van der Waals surface area contributed by atoms with Crippen LogP contribution < -0.4 is 9.62 Å². The van der Waals surface area contributed by atoms with Gasteiger partial charge < -0.3 is 0 Å². The Morgan fingerprint density at radius 2 is 1.69 bits per heavy atom. The molecule has 0 radical (unpaired) electrons. The summed E-state index contributed by atoms with van der Waals surface area (Å²) in [7, 11) is -3.79. The van der Waals surface area contributed by atoms with Crippen LogP contribution in [0.1, 0.15) is 15.9 Å². The molecule has 1 amide bonds. The predicted molar refractivity (Wildman–Crippen MR) is 144 cm³/mol. The SMILES string of the molecule is O=C(Nc1nc(-c2ccc3ccccc3c2)cs1)c1cccc(S(=O)(=O)N2CCc3ccccc32)c1. The average molecular weight is 512 g/mol. The van der Waals surface area contributed by atoms with E-state index in [-0.39, 0.29) is 10.5 Å². The van der Waals surface area contributed by atoms with Crippen molar-refractivity contribution in [2.75, 3.05) is 16.2 Å². The number of anilines is 2. The summed E-state index contributed by atoms with van der Waals surface area (Å²) in [5.41, 5.74) is 3.68. The lowest BCUT2D eigenvalue weighted by atomic mass is 10.1. The molecule has 0 spiro atoms. The van der Waals surface area contributed by atoms with Gasteiger partial charge in [-0.15, -0.1) is 11.3 Å². The highest BCUT2D eigenvalue weighted by atomic mass is 32.2. The first-order valence-electron chi connectivity index (χ1n) is 11.5. The number of amides is 1. The number of nitrogens with one attached hydrogen (secondary N) is 1. The predicted octanol–water partition coefficient (Wildman–Crippen LogP) is 5.97. The fraction of sp³-hybridized carbons (Fsp3) is 0.0714. The highest BCUT2D eigenvalue weighted by Crippen LogP contribution is 2.33. The molecule has 0 saturated carbocycles. The van der Waals surface area contributed by atoms with Crippen LogP contribution in [0.5, 0.6) is 0 Å². The molecule has 0 saturated heterocycles. The Labute approximate surface area is 212 Å². The molecule has 178 valence electrons. The van der Waals surface area contributed by atoms with Crippen molar-refractivity contribution < 1.29 is 13.2 Å². The van der Waals surface area contributed by atoms with Gasteiger partial charge >= 0.3 is 0 Å². The van der Waals surface area contributed by atoms with Gasteiger partial charge in [-0.3, -0.25) is 14.4 Å². The third kappa shape index (κ3) is 4.04. The lowest BCUT2D eigenvalue weighted by Crippen LogP contribution is -2.29. The fourth-order valence-corrected chi connectivity index (χ4v) is 6.73. The summed E-state index contributed by atoms with van der Waals surface area (Å²) in [5.74, 6) is -0.409. The molecule has 0 fully saturated rings. The highest BCUT2D eigenvalue weighted by Gasteiger charge is 2.31. The minimum atomic E-state index is -3.79. The van der Waals surface area contributed by atoms with Crippen LogP contribution >= 0.6 is 11.3 Å². The minimum Gasteiger partial charge on any atom is -0.298 e. The van der Waals surface area contributed by atoms with Gasteiger partial charge in [0.15, 0.2) is 5.13 Å². The van der Waals surface area contributed by atoms with Gasteiger partial charge in [-0.2, -0.15) is 0 Å². The number of hydrogen-bond donors (Lipinski definition) is 1. The van der Waals surface area contributed by atoms with Crippen molar-refractivity contribution in [3.8, 4) is 11.3 Å². The number of fused-ring (bicyclic) bond motifs is 2. The summed E-state index contributed by atoms with van der Waals surface area (Å²) in [6.07, 6.45) is 0.666. The van der Waals surface area contributed by atoms with Gasteiger partial charge in [-0.25, -0.2) is 13.4 Å². The van der Waals surface area contributed by atoms with E-state index in [0.29, 0.717) is 23.8 Å². The van der Waals surface area contributed by atoms with Gasteiger partial charge in [0.2, 0.25) is 0 Å². The van der Waals surface area contributed by atoms with E-state index in [1.807, 2.05) is 53.9 Å². The molecule has 1 aromatic heterocycles. The second kappa shape index (κ2) is 8.89. The Bertz CT molecular complexity index is 1730. The van der Waals surface area contributed by atoms with E-state index in [1.165, 1.54) is 27.8 Å². The Balaban J connectivity index is 1.23. The van der Waals surface area contributed by atoms with Crippen molar-refractivity contribution in [3.63, 3.8) is 0 Å². The number of para-hydroxylation sites is 1. The molecule has 2 heterocycles. The lowest BCUT2D eigenvalue weighted by Gasteiger charge is -2.19. The van der Waals surface area contributed by atoms with E-state index in [0.717, 1.165) is 27.6 Å². The minimum absolute atomic E-state index is 0.0860. The Morgan fingerprint density at radius 3 is 2.58 bits per heavy atom. The first-order valence-corrected chi connectivity index (χ1v) is 13.8. The maximum Gasteiger partial charge on any atom is 0.264 e. The smallest absolute Gasteiger partial charge is 0.264 e. The van der Waals surface area contributed by atoms with E-state index in [9.17, 15) is 13.2 Å². The summed E-state index contributed by atoms with van der Waals surface area (Å²) < 4.78 is 28.1. The van der Waals surface area contributed by atoms with Crippen LogP contribution in [0.15, 0.2) is 101 Å².